The van der Waals surface area contributed by atoms with E-state index in [1.165, 1.54) is 0 Å². The lowest BCUT2D eigenvalue weighted by atomic mass is 10.1. The Hall–Kier alpha value is -1.55. The van der Waals surface area contributed by atoms with E-state index in [9.17, 15) is 4.79 Å². The largest absolute Gasteiger partial charge is 0.493 e. The minimum atomic E-state index is 0. The maximum atomic E-state index is 11.5. The summed E-state index contributed by atoms with van der Waals surface area (Å²) in [4.78, 5) is 18.4. The molecule has 0 bridgehead atoms. The molecule has 0 spiro atoms. The number of likely N-dealkylation sites (tertiary alicyclic amines) is 1. The van der Waals surface area contributed by atoms with E-state index in [-0.39, 0.29) is 29.9 Å². The number of benzene rings is 1. The molecule has 0 saturated carbocycles. The van der Waals surface area contributed by atoms with Gasteiger partial charge in [0.2, 0.25) is 5.91 Å². The third-order valence-corrected chi connectivity index (χ3v) is 4.84. The highest BCUT2D eigenvalue weighted by atomic mass is 127. The zero-order chi connectivity index (χ0) is 20.2. The minimum absolute atomic E-state index is 0. The van der Waals surface area contributed by atoms with Crippen LogP contribution in [0, 0.1) is 6.92 Å². The van der Waals surface area contributed by atoms with Crippen LogP contribution in [0.1, 0.15) is 31.7 Å². The van der Waals surface area contributed by atoms with Gasteiger partial charge in [-0.25, -0.2) is 0 Å². The third kappa shape index (κ3) is 9.66. The molecule has 2 rings (SSSR count). The first kappa shape index (κ1) is 25.5. The van der Waals surface area contributed by atoms with Crippen molar-refractivity contribution in [3.8, 4) is 5.75 Å². The van der Waals surface area contributed by atoms with Crippen LogP contribution in [0.15, 0.2) is 29.3 Å². The number of likely N-dealkylation sites (N-methyl/N-ethyl adjacent to an activating group) is 1. The second-order valence-electron chi connectivity index (χ2n) is 7.10. The van der Waals surface area contributed by atoms with Crippen LogP contribution < -0.4 is 20.7 Å². The lowest BCUT2D eigenvalue weighted by Crippen LogP contribution is -2.50. The van der Waals surface area contributed by atoms with Crippen molar-refractivity contribution >= 4 is 35.8 Å². The van der Waals surface area contributed by atoms with Crippen LogP contribution in [-0.2, 0) is 4.79 Å². The lowest BCUT2D eigenvalue weighted by molar-refractivity contribution is -0.122. The van der Waals surface area contributed by atoms with Crippen molar-refractivity contribution in [2.75, 3.05) is 46.4 Å². The zero-order valence-electron chi connectivity index (χ0n) is 17.9. The molecule has 1 aromatic rings. The highest BCUT2D eigenvalue weighted by molar-refractivity contribution is 14.0. The fourth-order valence-electron chi connectivity index (χ4n) is 3.19. The van der Waals surface area contributed by atoms with E-state index in [0.29, 0.717) is 19.2 Å². The fraction of sp³-hybridized carbons (Fsp3) is 0.619. The summed E-state index contributed by atoms with van der Waals surface area (Å²) in [6, 6.07) is 8.46. The van der Waals surface area contributed by atoms with E-state index in [1.54, 1.807) is 7.05 Å². The SMILES string of the molecule is CCNC(=NCCCOc1ccccc1C)NC1CCN(CC(=O)NC)CC1.I. The molecule has 1 aliphatic heterocycles. The highest BCUT2D eigenvalue weighted by Crippen LogP contribution is 2.16. The van der Waals surface area contributed by atoms with Gasteiger partial charge in [0.25, 0.3) is 0 Å². The number of guanidine groups is 1. The van der Waals surface area contributed by atoms with Crippen molar-refractivity contribution in [2.24, 2.45) is 4.99 Å². The summed E-state index contributed by atoms with van der Waals surface area (Å²) in [5, 5.41) is 9.54. The fourth-order valence-corrected chi connectivity index (χ4v) is 3.19. The molecule has 164 valence electrons. The normalized spacial score (nSPS) is 15.3. The molecule has 1 fully saturated rings. The first-order chi connectivity index (χ1) is 13.6. The number of rotatable bonds is 9. The Morgan fingerprint density at radius 1 is 1.28 bits per heavy atom. The Morgan fingerprint density at radius 2 is 2.00 bits per heavy atom. The average Bonchev–Trinajstić information content (AvgIpc) is 2.70. The summed E-state index contributed by atoms with van der Waals surface area (Å²) in [5.41, 5.74) is 1.16. The Bertz CT molecular complexity index is 633. The maximum absolute atomic E-state index is 11.5. The van der Waals surface area contributed by atoms with Gasteiger partial charge >= 0.3 is 0 Å². The molecule has 0 aliphatic carbocycles. The Labute approximate surface area is 192 Å². The van der Waals surface area contributed by atoms with E-state index in [0.717, 1.165) is 62.7 Å². The molecule has 1 aromatic carbocycles. The Balaban J connectivity index is 0.00000420. The number of carbonyl (C=O) groups is 1. The molecule has 29 heavy (non-hydrogen) atoms. The Kier molecular flexibility index (Phi) is 12.7. The smallest absolute Gasteiger partial charge is 0.233 e. The minimum Gasteiger partial charge on any atom is -0.493 e. The second-order valence-corrected chi connectivity index (χ2v) is 7.10. The number of piperidine rings is 1. The van der Waals surface area contributed by atoms with Gasteiger partial charge < -0.3 is 20.7 Å². The van der Waals surface area contributed by atoms with Crippen molar-refractivity contribution in [3.05, 3.63) is 29.8 Å². The molecule has 0 unspecified atom stereocenters. The van der Waals surface area contributed by atoms with Gasteiger partial charge in [-0.3, -0.25) is 14.7 Å². The van der Waals surface area contributed by atoms with Crippen molar-refractivity contribution in [3.63, 3.8) is 0 Å². The zero-order valence-corrected chi connectivity index (χ0v) is 20.2. The van der Waals surface area contributed by atoms with Gasteiger partial charge in [-0.15, -0.1) is 24.0 Å². The molecular formula is C21H36IN5O2. The van der Waals surface area contributed by atoms with Crippen LogP contribution in [-0.4, -0.2) is 69.2 Å². The Morgan fingerprint density at radius 3 is 2.66 bits per heavy atom. The highest BCUT2D eigenvalue weighted by Gasteiger charge is 2.21. The van der Waals surface area contributed by atoms with Crippen LogP contribution >= 0.6 is 24.0 Å². The predicted molar refractivity (Wildman–Crippen MR) is 129 cm³/mol. The van der Waals surface area contributed by atoms with Gasteiger partial charge in [0, 0.05) is 45.7 Å². The number of nitrogens with zero attached hydrogens (tertiary/aromatic N) is 2. The van der Waals surface area contributed by atoms with E-state index in [1.807, 2.05) is 18.2 Å². The predicted octanol–water partition coefficient (Wildman–Crippen LogP) is 2.15. The summed E-state index contributed by atoms with van der Waals surface area (Å²) in [5.74, 6) is 1.89. The number of halogens is 1. The number of hydrogen-bond donors (Lipinski definition) is 3. The van der Waals surface area contributed by atoms with E-state index < -0.39 is 0 Å². The molecule has 3 N–H and O–H groups in total. The van der Waals surface area contributed by atoms with Gasteiger partial charge in [0.05, 0.1) is 13.2 Å². The number of ether oxygens (including phenoxy) is 1. The first-order valence-electron chi connectivity index (χ1n) is 10.3. The van der Waals surface area contributed by atoms with Gasteiger partial charge in [-0.1, -0.05) is 18.2 Å². The first-order valence-corrected chi connectivity index (χ1v) is 10.3. The molecule has 1 saturated heterocycles. The number of nitrogens with one attached hydrogen (secondary N) is 3. The molecular weight excluding hydrogens is 481 g/mol. The number of hydrogen-bond acceptors (Lipinski definition) is 4. The number of aliphatic imine (C=N–C) groups is 1. The van der Waals surface area contributed by atoms with Crippen LogP contribution in [0.3, 0.4) is 0 Å². The molecule has 8 heteroatoms. The molecule has 0 atom stereocenters. The van der Waals surface area contributed by atoms with Gasteiger partial charge in [-0.05, 0) is 38.3 Å². The van der Waals surface area contributed by atoms with Crippen LogP contribution in [0.25, 0.3) is 0 Å². The number of para-hydroxylation sites is 1. The van der Waals surface area contributed by atoms with E-state index in [4.69, 9.17) is 4.74 Å². The number of amides is 1. The molecule has 1 aliphatic rings. The lowest BCUT2D eigenvalue weighted by Gasteiger charge is -2.32. The van der Waals surface area contributed by atoms with Crippen LogP contribution in [0.5, 0.6) is 5.75 Å². The number of carbonyl (C=O) groups excluding carboxylic acids is 1. The quantitative estimate of drug-likeness (QED) is 0.203. The molecule has 0 aromatic heterocycles. The molecule has 7 nitrogen and oxygen atoms in total. The summed E-state index contributed by atoms with van der Waals surface area (Å²) in [6.45, 7) is 8.68. The van der Waals surface area contributed by atoms with E-state index >= 15 is 0 Å². The summed E-state index contributed by atoms with van der Waals surface area (Å²) < 4.78 is 5.83. The van der Waals surface area contributed by atoms with Crippen LogP contribution in [0.4, 0.5) is 0 Å². The number of aryl methyl sites for hydroxylation is 1. The van der Waals surface area contributed by atoms with Crippen LogP contribution in [0.2, 0.25) is 0 Å². The summed E-state index contributed by atoms with van der Waals surface area (Å²) in [6.07, 6.45) is 2.89. The van der Waals surface area contributed by atoms with Crippen molar-refractivity contribution in [1.29, 1.82) is 0 Å². The van der Waals surface area contributed by atoms with Crippen molar-refractivity contribution in [2.45, 2.75) is 39.2 Å². The molecule has 0 radical (unpaired) electrons. The third-order valence-electron chi connectivity index (χ3n) is 4.84. The van der Waals surface area contributed by atoms with Gasteiger partial charge in [-0.2, -0.15) is 0 Å². The molecule has 1 heterocycles. The molecule has 1 amide bonds. The van der Waals surface area contributed by atoms with Gasteiger partial charge in [0.1, 0.15) is 5.75 Å². The van der Waals surface area contributed by atoms with Crippen molar-refractivity contribution < 1.29 is 9.53 Å². The maximum Gasteiger partial charge on any atom is 0.233 e. The van der Waals surface area contributed by atoms with Gasteiger partial charge in [0.15, 0.2) is 5.96 Å². The average molecular weight is 517 g/mol. The topological polar surface area (TPSA) is 78.0 Å². The van der Waals surface area contributed by atoms with Crippen molar-refractivity contribution in [1.82, 2.24) is 20.9 Å². The monoisotopic (exact) mass is 517 g/mol. The van der Waals surface area contributed by atoms with E-state index in [2.05, 4.69) is 45.8 Å². The summed E-state index contributed by atoms with van der Waals surface area (Å²) >= 11 is 0. The standard InChI is InChI=1S/C21H35N5O2.HI/c1-4-23-21(24-12-7-15-28-19-9-6-5-8-17(19)2)25-18-10-13-26(14-11-18)16-20(27)22-3;/h5-6,8-9,18H,4,7,10-16H2,1-3H3,(H,22,27)(H2,23,24,25);1H. The second kappa shape index (κ2) is 14.4. The summed E-state index contributed by atoms with van der Waals surface area (Å²) in [7, 11) is 1.68.